The van der Waals surface area contributed by atoms with Crippen molar-refractivity contribution in [2.45, 2.75) is 19.9 Å². The van der Waals surface area contributed by atoms with Gasteiger partial charge in [-0.3, -0.25) is 0 Å². The molecule has 100 valence electrons. The van der Waals surface area contributed by atoms with Crippen molar-refractivity contribution >= 4 is 16.5 Å². The Morgan fingerprint density at radius 3 is 2.30 bits per heavy atom. The van der Waals surface area contributed by atoms with E-state index in [2.05, 4.69) is 85.9 Å². The molecule has 1 N–H and O–H groups in total. The van der Waals surface area contributed by atoms with Crippen molar-refractivity contribution in [3.8, 4) is 0 Å². The molecule has 1 nitrogen and oxygen atoms in total. The fourth-order valence-electron chi connectivity index (χ4n) is 2.61. The Bertz CT molecular complexity index is 708. The number of rotatable bonds is 3. The van der Waals surface area contributed by atoms with Crippen LogP contribution in [0.5, 0.6) is 0 Å². The highest BCUT2D eigenvalue weighted by molar-refractivity contribution is 5.86. The molecule has 0 saturated carbocycles. The van der Waals surface area contributed by atoms with Gasteiger partial charge >= 0.3 is 0 Å². The Labute approximate surface area is 120 Å². The highest BCUT2D eigenvalue weighted by atomic mass is 14.9. The summed E-state index contributed by atoms with van der Waals surface area (Å²) in [5.74, 6) is 0. The van der Waals surface area contributed by atoms with Crippen LogP contribution in [0, 0.1) is 6.92 Å². The van der Waals surface area contributed by atoms with Gasteiger partial charge in [-0.25, -0.2) is 0 Å². The molecular weight excluding hydrogens is 242 g/mol. The molecule has 0 aliphatic heterocycles. The molecule has 0 bridgehead atoms. The summed E-state index contributed by atoms with van der Waals surface area (Å²) in [7, 11) is 0. The second-order valence-electron chi connectivity index (χ2n) is 5.30. The summed E-state index contributed by atoms with van der Waals surface area (Å²) in [5.41, 5.74) is 3.79. The van der Waals surface area contributed by atoms with Gasteiger partial charge in [-0.05, 0) is 42.3 Å². The van der Waals surface area contributed by atoms with Gasteiger partial charge in [-0.1, -0.05) is 60.2 Å². The number of benzene rings is 3. The summed E-state index contributed by atoms with van der Waals surface area (Å²) in [5, 5.41) is 6.19. The highest BCUT2D eigenvalue weighted by Gasteiger charge is 2.08. The normalized spacial score (nSPS) is 12.3. The molecular formula is C19H19N. The van der Waals surface area contributed by atoms with Crippen LogP contribution in [0.4, 0.5) is 5.69 Å². The Morgan fingerprint density at radius 1 is 0.800 bits per heavy atom. The quantitative estimate of drug-likeness (QED) is 0.672. The molecule has 0 aliphatic rings. The smallest absolute Gasteiger partial charge is 0.0491 e. The van der Waals surface area contributed by atoms with E-state index in [0.717, 1.165) is 5.69 Å². The van der Waals surface area contributed by atoms with Crippen LogP contribution in [-0.2, 0) is 0 Å². The van der Waals surface area contributed by atoms with Crippen molar-refractivity contribution < 1.29 is 0 Å². The van der Waals surface area contributed by atoms with E-state index in [9.17, 15) is 0 Å². The fraction of sp³-hybridized carbons (Fsp3) is 0.158. The van der Waals surface area contributed by atoms with Gasteiger partial charge in [0.05, 0.1) is 0 Å². The fourth-order valence-corrected chi connectivity index (χ4v) is 2.61. The van der Waals surface area contributed by atoms with Gasteiger partial charge < -0.3 is 5.32 Å². The Hall–Kier alpha value is -2.28. The molecule has 0 radical (unpaired) electrons. The van der Waals surface area contributed by atoms with E-state index < -0.39 is 0 Å². The molecule has 0 aromatic heterocycles. The average Bonchev–Trinajstić information content (AvgIpc) is 2.49. The third-order valence-electron chi connectivity index (χ3n) is 3.72. The zero-order valence-corrected chi connectivity index (χ0v) is 11.9. The maximum Gasteiger partial charge on any atom is 0.0491 e. The SMILES string of the molecule is Cc1ccc(NC(C)c2cccc3ccccc23)cc1. The van der Waals surface area contributed by atoms with Crippen molar-refractivity contribution in [3.05, 3.63) is 77.9 Å². The van der Waals surface area contributed by atoms with Gasteiger partial charge in [0, 0.05) is 11.7 Å². The van der Waals surface area contributed by atoms with Crippen LogP contribution in [0.1, 0.15) is 24.1 Å². The van der Waals surface area contributed by atoms with Gasteiger partial charge in [0.1, 0.15) is 0 Å². The predicted octanol–water partition coefficient (Wildman–Crippen LogP) is 5.32. The summed E-state index contributed by atoms with van der Waals surface area (Å²) in [6.07, 6.45) is 0. The van der Waals surface area contributed by atoms with Crippen molar-refractivity contribution in [2.75, 3.05) is 5.32 Å². The zero-order chi connectivity index (χ0) is 13.9. The maximum atomic E-state index is 3.58. The number of anilines is 1. The van der Waals surface area contributed by atoms with Crippen LogP contribution in [0.2, 0.25) is 0 Å². The maximum absolute atomic E-state index is 3.58. The second kappa shape index (κ2) is 5.38. The number of aryl methyl sites for hydroxylation is 1. The third kappa shape index (κ3) is 2.53. The summed E-state index contributed by atoms with van der Waals surface area (Å²) in [4.78, 5) is 0. The van der Waals surface area contributed by atoms with E-state index in [4.69, 9.17) is 0 Å². The first-order chi connectivity index (χ1) is 9.74. The van der Waals surface area contributed by atoms with Gasteiger partial charge in [0.15, 0.2) is 0 Å². The Balaban J connectivity index is 1.92. The monoisotopic (exact) mass is 261 g/mol. The van der Waals surface area contributed by atoms with Crippen LogP contribution in [0.25, 0.3) is 10.8 Å². The van der Waals surface area contributed by atoms with Gasteiger partial charge in [-0.2, -0.15) is 0 Å². The lowest BCUT2D eigenvalue weighted by Crippen LogP contribution is -2.07. The predicted molar refractivity (Wildman–Crippen MR) is 87.2 cm³/mol. The lowest BCUT2D eigenvalue weighted by molar-refractivity contribution is 0.894. The molecule has 0 fully saturated rings. The van der Waals surface area contributed by atoms with E-state index in [1.165, 1.54) is 21.9 Å². The Kier molecular flexibility index (Phi) is 3.42. The molecule has 3 rings (SSSR count). The largest absolute Gasteiger partial charge is 0.378 e. The molecule has 0 heterocycles. The van der Waals surface area contributed by atoms with E-state index in [-0.39, 0.29) is 6.04 Å². The lowest BCUT2D eigenvalue weighted by Gasteiger charge is -2.18. The van der Waals surface area contributed by atoms with Crippen LogP contribution < -0.4 is 5.32 Å². The lowest BCUT2D eigenvalue weighted by atomic mass is 9.99. The zero-order valence-electron chi connectivity index (χ0n) is 11.9. The minimum absolute atomic E-state index is 0.281. The summed E-state index contributed by atoms with van der Waals surface area (Å²) >= 11 is 0. The number of nitrogens with one attached hydrogen (secondary N) is 1. The molecule has 0 amide bonds. The molecule has 1 atom stereocenters. The Morgan fingerprint density at radius 2 is 1.50 bits per heavy atom. The topological polar surface area (TPSA) is 12.0 Å². The molecule has 0 saturated heterocycles. The minimum Gasteiger partial charge on any atom is -0.378 e. The summed E-state index contributed by atoms with van der Waals surface area (Å²) in [6.45, 7) is 4.32. The molecule has 3 aromatic rings. The molecule has 1 heteroatoms. The molecule has 3 aromatic carbocycles. The van der Waals surface area contributed by atoms with E-state index in [1.807, 2.05) is 0 Å². The van der Waals surface area contributed by atoms with Crippen molar-refractivity contribution in [3.63, 3.8) is 0 Å². The van der Waals surface area contributed by atoms with Gasteiger partial charge in [-0.15, -0.1) is 0 Å². The van der Waals surface area contributed by atoms with Gasteiger partial charge in [0.25, 0.3) is 0 Å². The summed E-state index contributed by atoms with van der Waals surface area (Å²) < 4.78 is 0. The number of hydrogen-bond acceptors (Lipinski definition) is 1. The first-order valence-electron chi connectivity index (χ1n) is 7.05. The minimum atomic E-state index is 0.281. The first-order valence-corrected chi connectivity index (χ1v) is 7.05. The summed E-state index contributed by atoms with van der Waals surface area (Å²) in [6, 6.07) is 23.9. The third-order valence-corrected chi connectivity index (χ3v) is 3.72. The number of fused-ring (bicyclic) bond motifs is 1. The first kappa shape index (κ1) is 12.7. The van der Waals surface area contributed by atoms with Gasteiger partial charge in [0.2, 0.25) is 0 Å². The van der Waals surface area contributed by atoms with Crippen molar-refractivity contribution in [2.24, 2.45) is 0 Å². The van der Waals surface area contributed by atoms with Crippen LogP contribution in [0.15, 0.2) is 66.7 Å². The van der Waals surface area contributed by atoms with Crippen molar-refractivity contribution in [1.82, 2.24) is 0 Å². The highest BCUT2D eigenvalue weighted by Crippen LogP contribution is 2.26. The van der Waals surface area contributed by atoms with Crippen molar-refractivity contribution in [1.29, 1.82) is 0 Å². The molecule has 0 spiro atoms. The van der Waals surface area contributed by atoms with E-state index in [0.29, 0.717) is 0 Å². The van der Waals surface area contributed by atoms with E-state index in [1.54, 1.807) is 0 Å². The van der Waals surface area contributed by atoms with Crippen LogP contribution in [-0.4, -0.2) is 0 Å². The van der Waals surface area contributed by atoms with E-state index >= 15 is 0 Å². The molecule has 0 aliphatic carbocycles. The second-order valence-corrected chi connectivity index (χ2v) is 5.30. The van der Waals surface area contributed by atoms with Crippen LogP contribution in [0.3, 0.4) is 0 Å². The van der Waals surface area contributed by atoms with Crippen LogP contribution >= 0.6 is 0 Å². The molecule has 1 unspecified atom stereocenters. The number of hydrogen-bond donors (Lipinski definition) is 1. The standard InChI is InChI=1S/C19H19N/c1-14-10-12-17(13-11-14)20-15(2)18-9-5-7-16-6-3-4-8-19(16)18/h3-13,15,20H,1-2H3. The molecule has 20 heavy (non-hydrogen) atoms. The average molecular weight is 261 g/mol.